The van der Waals surface area contributed by atoms with E-state index >= 15 is 0 Å². The zero-order valence-corrected chi connectivity index (χ0v) is 14.9. The number of hydrogen-bond donors (Lipinski definition) is 0. The van der Waals surface area contributed by atoms with Crippen LogP contribution in [0.15, 0.2) is 12.5 Å². The molecule has 1 atom stereocenters. The summed E-state index contributed by atoms with van der Waals surface area (Å²) in [5.74, 6) is 0. The fourth-order valence-electron chi connectivity index (χ4n) is 4.73. The molecule has 0 spiro atoms. The van der Waals surface area contributed by atoms with Crippen molar-refractivity contribution < 1.29 is 4.74 Å². The molecule has 3 aliphatic rings. The predicted molar refractivity (Wildman–Crippen MR) is 95.0 cm³/mol. The van der Waals surface area contributed by atoms with Crippen LogP contribution < -0.4 is 0 Å². The number of ether oxygens (including phenoxy) is 1. The summed E-state index contributed by atoms with van der Waals surface area (Å²) in [5.41, 5.74) is 1.43. The van der Waals surface area contributed by atoms with Crippen molar-refractivity contribution in [1.29, 1.82) is 0 Å². The lowest BCUT2D eigenvalue weighted by Gasteiger charge is -2.39. The largest absolute Gasteiger partial charge is 0.379 e. The third kappa shape index (κ3) is 3.84. The Hall–Kier alpha value is -0.910. The number of piperidine rings is 1. The molecule has 1 saturated carbocycles. The molecule has 0 bridgehead atoms. The van der Waals surface area contributed by atoms with Crippen LogP contribution in [0.1, 0.15) is 56.7 Å². The second-order valence-electron chi connectivity index (χ2n) is 7.76. The Bertz CT molecular complexity index is 505. The summed E-state index contributed by atoms with van der Waals surface area (Å²) >= 11 is 0. The number of morpholine rings is 1. The quantitative estimate of drug-likeness (QED) is 0.830. The fraction of sp³-hybridized carbons (Fsp3) is 0.842. The van der Waals surface area contributed by atoms with Gasteiger partial charge in [0.2, 0.25) is 0 Å². The summed E-state index contributed by atoms with van der Waals surface area (Å²) in [5, 5.41) is 0. The number of nitrogens with zero attached hydrogens (tertiary/aromatic N) is 4. The third-order valence-corrected chi connectivity index (χ3v) is 6.15. The lowest BCUT2D eigenvalue weighted by Crippen LogP contribution is -2.49. The second-order valence-corrected chi connectivity index (χ2v) is 7.76. The lowest BCUT2D eigenvalue weighted by atomic mass is 10.0. The first-order chi connectivity index (χ1) is 11.9. The van der Waals surface area contributed by atoms with Crippen LogP contribution in [0.3, 0.4) is 0 Å². The molecule has 0 radical (unpaired) electrons. The second kappa shape index (κ2) is 7.98. The number of aromatic nitrogens is 2. The van der Waals surface area contributed by atoms with Crippen molar-refractivity contribution in [1.82, 2.24) is 19.4 Å². The molecule has 5 nitrogen and oxygen atoms in total. The molecule has 24 heavy (non-hydrogen) atoms. The molecule has 5 heteroatoms. The van der Waals surface area contributed by atoms with E-state index in [4.69, 9.17) is 4.74 Å². The molecule has 1 aliphatic carbocycles. The Morgan fingerprint density at radius 1 is 1.00 bits per heavy atom. The van der Waals surface area contributed by atoms with E-state index in [0.29, 0.717) is 12.1 Å². The van der Waals surface area contributed by atoms with Gasteiger partial charge in [-0.3, -0.25) is 9.80 Å². The maximum atomic E-state index is 5.51. The van der Waals surface area contributed by atoms with Gasteiger partial charge in [0.25, 0.3) is 0 Å². The van der Waals surface area contributed by atoms with E-state index < -0.39 is 0 Å². The molecule has 3 fully saturated rings. The summed E-state index contributed by atoms with van der Waals surface area (Å²) in [7, 11) is 0. The van der Waals surface area contributed by atoms with E-state index in [1.165, 1.54) is 63.7 Å². The topological polar surface area (TPSA) is 33.5 Å². The van der Waals surface area contributed by atoms with E-state index in [0.717, 1.165) is 32.8 Å². The maximum absolute atomic E-state index is 5.51. The zero-order chi connectivity index (χ0) is 16.2. The highest BCUT2D eigenvalue weighted by Crippen LogP contribution is 2.31. The Balaban J connectivity index is 1.40. The molecule has 0 aromatic carbocycles. The standard InChI is InChI=1S/C19H32N4O/c1-2-6-17(5-1)23-16-20-13-19(23)15-22-8-4-3-7-18(22)14-21-9-11-24-12-10-21/h13,16-18H,1-12,14-15H2/t18-/m1/s1. The van der Waals surface area contributed by atoms with Gasteiger partial charge in [0.15, 0.2) is 0 Å². The molecule has 0 unspecified atom stereocenters. The molecular formula is C19H32N4O. The minimum atomic E-state index is 0.698. The summed E-state index contributed by atoms with van der Waals surface area (Å²) in [4.78, 5) is 9.80. The van der Waals surface area contributed by atoms with Crippen molar-refractivity contribution >= 4 is 0 Å². The molecule has 3 heterocycles. The minimum Gasteiger partial charge on any atom is -0.379 e. The van der Waals surface area contributed by atoms with Gasteiger partial charge >= 0.3 is 0 Å². The normalized spacial score (nSPS) is 27.8. The molecule has 1 aromatic rings. The van der Waals surface area contributed by atoms with Crippen LogP contribution in [0.4, 0.5) is 0 Å². The minimum absolute atomic E-state index is 0.698. The highest BCUT2D eigenvalue weighted by atomic mass is 16.5. The monoisotopic (exact) mass is 332 g/mol. The Morgan fingerprint density at radius 2 is 1.79 bits per heavy atom. The molecule has 2 aliphatic heterocycles. The van der Waals surface area contributed by atoms with Gasteiger partial charge in [0, 0.05) is 44.5 Å². The van der Waals surface area contributed by atoms with Crippen LogP contribution in [0.5, 0.6) is 0 Å². The van der Waals surface area contributed by atoms with Crippen molar-refractivity contribution in [2.75, 3.05) is 39.4 Å². The van der Waals surface area contributed by atoms with Crippen LogP contribution in [-0.2, 0) is 11.3 Å². The van der Waals surface area contributed by atoms with Gasteiger partial charge in [-0.25, -0.2) is 4.98 Å². The average molecular weight is 332 g/mol. The van der Waals surface area contributed by atoms with Gasteiger partial charge in [-0.2, -0.15) is 0 Å². The average Bonchev–Trinajstić information content (AvgIpc) is 3.29. The molecule has 0 amide bonds. The number of hydrogen-bond acceptors (Lipinski definition) is 4. The van der Waals surface area contributed by atoms with Crippen LogP contribution in [0, 0.1) is 0 Å². The van der Waals surface area contributed by atoms with Crippen molar-refractivity contribution in [2.45, 2.75) is 63.6 Å². The van der Waals surface area contributed by atoms with Crippen molar-refractivity contribution in [3.05, 3.63) is 18.2 Å². The van der Waals surface area contributed by atoms with E-state index in [1.54, 1.807) is 0 Å². The van der Waals surface area contributed by atoms with Gasteiger partial charge in [-0.15, -0.1) is 0 Å². The van der Waals surface area contributed by atoms with Gasteiger partial charge < -0.3 is 9.30 Å². The molecular weight excluding hydrogens is 300 g/mol. The lowest BCUT2D eigenvalue weighted by molar-refractivity contribution is 0.0148. The molecule has 4 rings (SSSR count). The first kappa shape index (κ1) is 16.6. The SMILES string of the molecule is c1ncn(C2CCCC2)c1CN1CCCC[C@@H]1CN1CCOCC1. The first-order valence-electron chi connectivity index (χ1n) is 9.95. The molecule has 2 saturated heterocycles. The highest BCUT2D eigenvalue weighted by Gasteiger charge is 2.27. The Kier molecular flexibility index (Phi) is 5.50. The molecule has 1 aromatic heterocycles. The third-order valence-electron chi connectivity index (χ3n) is 6.15. The smallest absolute Gasteiger partial charge is 0.0951 e. The molecule has 134 valence electrons. The number of likely N-dealkylation sites (tertiary alicyclic amines) is 1. The summed E-state index contributed by atoms with van der Waals surface area (Å²) < 4.78 is 7.99. The summed E-state index contributed by atoms with van der Waals surface area (Å²) in [6.45, 7) is 7.54. The maximum Gasteiger partial charge on any atom is 0.0951 e. The van der Waals surface area contributed by atoms with Crippen LogP contribution >= 0.6 is 0 Å². The first-order valence-corrected chi connectivity index (χ1v) is 9.95. The van der Waals surface area contributed by atoms with Crippen molar-refractivity contribution in [3.8, 4) is 0 Å². The summed E-state index contributed by atoms with van der Waals surface area (Å²) in [6, 6.07) is 1.40. The Morgan fingerprint density at radius 3 is 2.62 bits per heavy atom. The van der Waals surface area contributed by atoms with Gasteiger partial charge in [0.1, 0.15) is 0 Å². The van der Waals surface area contributed by atoms with E-state index in [2.05, 4.69) is 31.9 Å². The number of rotatable bonds is 5. The number of imidazole rings is 1. The molecule has 0 N–H and O–H groups in total. The van der Waals surface area contributed by atoms with Gasteiger partial charge in [0.05, 0.1) is 25.2 Å². The fourth-order valence-corrected chi connectivity index (χ4v) is 4.73. The highest BCUT2D eigenvalue weighted by molar-refractivity contribution is 5.02. The van der Waals surface area contributed by atoms with Crippen molar-refractivity contribution in [2.24, 2.45) is 0 Å². The van der Waals surface area contributed by atoms with Gasteiger partial charge in [-0.1, -0.05) is 19.3 Å². The van der Waals surface area contributed by atoms with Crippen LogP contribution in [0.2, 0.25) is 0 Å². The predicted octanol–water partition coefficient (Wildman–Crippen LogP) is 2.68. The van der Waals surface area contributed by atoms with E-state index in [-0.39, 0.29) is 0 Å². The Labute approximate surface area is 146 Å². The van der Waals surface area contributed by atoms with E-state index in [1.807, 2.05) is 0 Å². The van der Waals surface area contributed by atoms with E-state index in [9.17, 15) is 0 Å². The summed E-state index contributed by atoms with van der Waals surface area (Å²) in [6.07, 6.45) is 13.7. The van der Waals surface area contributed by atoms with Gasteiger partial charge in [-0.05, 0) is 32.2 Å². The van der Waals surface area contributed by atoms with Crippen molar-refractivity contribution in [3.63, 3.8) is 0 Å². The van der Waals surface area contributed by atoms with Crippen LogP contribution in [-0.4, -0.2) is 64.8 Å². The van der Waals surface area contributed by atoms with Crippen LogP contribution in [0.25, 0.3) is 0 Å². The zero-order valence-electron chi connectivity index (χ0n) is 14.9.